The molecule has 0 spiro atoms. The lowest BCUT2D eigenvalue weighted by Gasteiger charge is -2.09. The molecule has 1 N–H and O–H groups in total. The molecule has 0 saturated carbocycles. The van der Waals surface area contributed by atoms with Gasteiger partial charge in [-0.05, 0) is 68.8 Å². The summed E-state index contributed by atoms with van der Waals surface area (Å²) in [5, 5.41) is 6.97. The maximum Gasteiger partial charge on any atom is 0.291 e. The molecule has 8 heteroatoms. The van der Waals surface area contributed by atoms with Crippen molar-refractivity contribution in [1.29, 1.82) is 0 Å². The van der Waals surface area contributed by atoms with Gasteiger partial charge in [0.05, 0.1) is 18.1 Å². The molecule has 4 rings (SSSR count). The zero-order chi connectivity index (χ0) is 24.1. The average Bonchev–Trinajstić information content (AvgIpc) is 3.47. The fraction of sp³-hybridized carbons (Fsp3) is 0.192. The Morgan fingerprint density at radius 1 is 1.03 bits per heavy atom. The minimum Gasteiger partial charge on any atom is -0.486 e. The Morgan fingerprint density at radius 3 is 2.56 bits per heavy atom. The van der Waals surface area contributed by atoms with Crippen LogP contribution in [0.1, 0.15) is 44.7 Å². The zero-order valence-electron chi connectivity index (χ0n) is 19.2. The summed E-state index contributed by atoms with van der Waals surface area (Å²) in [4.78, 5) is 23.9. The van der Waals surface area contributed by atoms with Crippen LogP contribution in [0.5, 0.6) is 11.5 Å². The Labute approximate surface area is 197 Å². The molecule has 0 aliphatic heterocycles. The number of Topliss-reactive ketones (excluding diaryl/α,β-unsaturated/α-hetero) is 1. The van der Waals surface area contributed by atoms with Crippen molar-refractivity contribution in [2.45, 2.75) is 34.1 Å². The van der Waals surface area contributed by atoms with Crippen molar-refractivity contribution >= 4 is 17.4 Å². The molecule has 0 fully saturated rings. The second kappa shape index (κ2) is 10.1. The number of nitrogens with zero attached hydrogens (tertiary/aromatic N) is 2. The van der Waals surface area contributed by atoms with Crippen molar-refractivity contribution in [2.24, 2.45) is 0 Å². The van der Waals surface area contributed by atoms with E-state index in [4.69, 9.17) is 13.9 Å². The highest BCUT2D eigenvalue weighted by atomic mass is 16.5. The van der Waals surface area contributed by atoms with Gasteiger partial charge < -0.3 is 19.2 Å². The molecule has 0 bridgehead atoms. The lowest BCUT2D eigenvalue weighted by Crippen LogP contribution is -2.10. The smallest absolute Gasteiger partial charge is 0.291 e. The SMILES string of the molecule is CC(=O)c1ccc(OCc2ccc(C(=O)Nc3cnn(COc4ccc(C)cc4C)c3)o2)cc1. The average molecular weight is 460 g/mol. The lowest BCUT2D eigenvalue weighted by molar-refractivity contribution is 0.0990. The van der Waals surface area contributed by atoms with Crippen LogP contribution in [-0.4, -0.2) is 21.5 Å². The van der Waals surface area contributed by atoms with Crippen LogP contribution in [0.15, 0.2) is 71.4 Å². The second-order valence-electron chi connectivity index (χ2n) is 7.90. The number of ketones is 1. The number of amides is 1. The van der Waals surface area contributed by atoms with Crippen molar-refractivity contribution < 1.29 is 23.5 Å². The van der Waals surface area contributed by atoms with Crippen LogP contribution in [-0.2, 0) is 13.3 Å². The predicted octanol–water partition coefficient (Wildman–Crippen LogP) is 5.16. The molecule has 2 aromatic carbocycles. The zero-order valence-corrected chi connectivity index (χ0v) is 19.2. The summed E-state index contributed by atoms with van der Waals surface area (Å²) in [7, 11) is 0. The number of hydrogen-bond donors (Lipinski definition) is 1. The number of ether oxygens (including phenoxy) is 2. The second-order valence-corrected chi connectivity index (χ2v) is 7.90. The number of anilines is 1. The Hall–Kier alpha value is -4.33. The van der Waals surface area contributed by atoms with E-state index in [-0.39, 0.29) is 24.9 Å². The summed E-state index contributed by atoms with van der Waals surface area (Å²) in [5.74, 6) is 1.64. The number of aryl methyl sites for hydroxylation is 2. The number of aromatic nitrogens is 2. The molecule has 174 valence electrons. The number of benzene rings is 2. The monoisotopic (exact) mass is 459 g/mol. The van der Waals surface area contributed by atoms with Crippen LogP contribution < -0.4 is 14.8 Å². The Balaban J connectivity index is 1.28. The van der Waals surface area contributed by atoms with Gasteiger partial charge in [-0.2, -0.15) is 5.10 Å². The standard InChI is InChI=1S/C26H25N3O5/c1-17-4-10-24(18(2)12-17)33-16-29-14-21(13-27-29)28-26(31)25-11-9-23(34-25)15-32-22-7-5-20(6-8-22)19(3)30/h4-14H,15-16H2,1-3H3,(H,28,31). The van der Waals surface area contributed by atoms with Crippen LogP contribution in [0.2, 0.25) is 0 Å². The van der Waals surface area contributed by atoms with Gasteiger partial charge in [0, 0.05) is 5.56 Å². The number of furan rings is 1. The van der Waals surface area contributed by atoms with E-state index in [1.807, 2.05) is 26.0 Å². The number of carbonyl (C=O) groups is 2. The number of rotatable bonds is 9. The Bertz CT molecular complexity index is 1300. The number of nitrogens with one attached hydrogen (secondary N) is 1. The topological polar surface area (TPSA) is 95.6 Å². The minimum atomic E-state index is -0.396. The normalized spacial score (nSPS) is 10.7. The van der Waals surface area contributed by atoms with Gasteiger partial charge in [-0.15, -0.1) is 0 Å². The van der Waals surface area contributed by atoms with Crippen molar-refractivity contribution in [3.63, 3.8) is 0 Å². The highest BCUT2D eigenvalue weighted by Gasteiger charge is 2.13. The Morgan fingerprint density at radius 2 is 1.82 bits per heavy atom. The molecule has 0 atom stereocenters. The van der Waals surface area contributed by atoms with E-state index >= 15 is 0 Å². The number of carbonyl (C=O) groups excluding carboxylic acids is 2. The summed E-state index contributed by atoms with van der Waals surface area (Å²) in [6.07, 6.45) is 3.22. The molecule has 2 heterocycles. The van der Waals surface area contributed by atoms with Crippen LogP contribution in [0.3, 0.4) is 0 Å². The maximum atomic E-state index is 12.5. The van der Waals surface area contributed by atoms with Crippen LogP contribution in [0.25, 0.3) is 0 Å². The molecular formula is C26H25N3O5. The van der Waals surface area contributed by atoms with E-state index in [1.165, 1.54) is 12.5 Å². The van der Waals surface area contributed by atoms with Gasteiger partial charge in [0.15, 0.2) is 18.3 Å². The third kappa shape index (κ3) is 5.72. The summed E-state index contributed by atoms with van der Waals surface area (Å²) in [6.45, 7) is 5.90. The summed E-state index contributed by atoms with van der Waals surface area (Å²) in [5.41, 5.74) is 3.36. The van der Waals surface area contributed by atoms with E-state index in [2.05, 4.69) is 16.5 Å². The highest BCUT2D eigenvalue weighted by molar-refractivity contribution is 6.02. The fourth-order valence-electron chi connectivity index (χ4n) is 3.31. The van der Waals surface area contributed by atoms with Gasteiger partial charge in [0.25, 0.3) is 5.91 Å². The Kier molecular flexibility index (Phi) is 6.77. The molecule has 0 unspecified atom stereocenters. The van der Waals surface area contributed by atoms with E-state index in [0.29, 0.717) is 22.8 Å². The van der Waals surface area contributed by atoms with Crippen LogP contribution in [0.4, 0.5) is 5.69 Å². The molecule has 0 aliphatic carbocycles. The van der Waals surface area contributed by atoms with Gasteiger partial charge >= 0.3 is 0 Å². The molecule has 0 radical (unpaired) electrons. The van der Waals surface area contributed by atoms with E-state index in [9.17, 15) is 9.59 Å². The van der Waals surface area contributed by atoms with E-state index in [0.717, 1.165) is 11.3 Å². The largest absolute Gasteiger partial charge is 0.486 e. The predicted molar refractivity (Wildman–Crippen MR) is 126 cm³/mol. The molecule has 0 saturated heterocycles. The van der Waals surface area contributed by atoms with Crippen molar-refractivity contribution in [2.75, 3.05) is 5.32 Å². The number of hydrogen-bond acceptors (Lipinski definition) is 6. The molecule has 2 aromatic heterocycles. The third-order valence-corrected chi connectivity index (χ3v) is 5.10. The van der Waals surface area contributed by atoms with Gasteiger partial charge in [-0.1, -0.05) is 17.7 Å². The van der Waals surface area contributed by atoms with Gasteiger partial charge in [0.1, 0.15) is 23.9 Å². The minimum absolute atomic E-state index is 0.00679. The van der Waals surface area contributed by atoms with Crippen LogP contribution >= 0.6 is 0 Å². The summed E-state index contributed by atoms with van der Waals surface area (Å²) >= 11 is 0. The molecule has 4 aromatic rings. The lowest BCUT2D eigenvalue weighted by atomic mass is 10.1. The van der Waals surface area contributed by atoms with Gasteiger partial charge in [-0.25, -0.2) is 4.68 Å². The quantitative estimate of drug-likeness (QED) is 0.347. The first kappa shape index (κ1) is 22.8. The first-order valence-electron chi connectivity index (χ1n) is 10.7. The van der Waals surface area contributed by atoms with Crippen molar-refractivity contribution in [3.05, 3.63) is 95.2 Å². The highest BCUT2D eigenvalue weighted by Crippen LogP contribution is 2.20. The molecule has 0 aliphatic rings. The fourth-order valence-corrected chi connectivity index (χ4v) is 3.31. The van der Waals surface area contributed by atoms with Gasteiger partial charge in [0.2, 0.25) is 0 Å². The maximum absolute atomic E-state index is 12.5. The molecule has 1 amide bonds. The summed E-state index contributed by atoms with van der Waals surface area (Å²) in [6, 6.07) is 16.1. The molecule has 34 heavy (non-hydrogen) atoms. The molecule has 8 nitrogen and oxygen atoms in total. The van der Waals surface area contributed by atoms with Crippen LogP contribution in [0, 0.1) is 13.8 Å². The summed E-state index contributed by atoms with van der Waals surface area (Å²) < 4.78 is 18.6. The van der Waals surface area contributed by atoms with Gasteiger partial charge in [-0.3, -0.25) is 9.59 Å². The first-order valence-corrected chi connectivity index (χ1v) is 10.7. The van der Waals surface area contributed by atoms with E-state index < -0.39 is 5.91 Å². The molecular weight excluding hydrogens is 434 g/mol. The van der Waals surface area contributed by atoms with Crippen molar-refractivity contribution in [3.8, 4) is 11.5 Å². The third-order valence-electron chi connectivity index (χ3n) is 5.10. The van der Waals surface area contributed by atoms with Crippen molar-refractivity contribution in [1.82, 2.24) is 9.78 Å². The van der Waals surface area contributed by atoms with E-state index in [1.54, 1.807) is 53.5 Å². The first-order chi connectivity index (χ1) is 16.4.